The Hall–Kier alpha value is -2.16. The van der Waals surface area contributed by atoms with Crippen LogP contribution in [0.25, 0.3) is 0 Å². The maximum Gasteiger partial charge on any atom is 0.130 e. The van der Waals surface area contributed by atoms with Crippen molar-refractivity contribution in [3.05, 3.63) is 59.7 Å². The van der Waals surface area contributed by atoms with Crippen LogP contribution < -0.4 is 16.8 Å². The van der Waals surface area contributed by atoms with Gasteiger partial charge in [-0.1, -0.05) is 52.0 Å². The van der Waals surface area contributed by atoms with E-state index in [1.165, 1.54) is 0 Å². The van der Waals surface area contributed by atoms with Gasteiger partial charge in [0.2, 0.25) is 0 Å². The molecule has 204 valence electrons. The first-order valence-corrected chi connectivity index (χ1v) is 12.9. The Labute approximate surface area is 222 Å². The topological polar surface area (TPSA) is 134 Å². The minimum Gasteiger partial charge on any atom is -0.508 e. The number of hydrogen-bond acceptors (Lipinski definition) is 7. The summed E-state index contributed by atoms with van der Waals surface area (Å²) in [5.74, 6) is 2.03. The lowest BCUT2D eigenvalue weighted by Gasteiger charge is -2.26. The number of epoxide rings is 1. The lowest BCUT2D eigenvalue weighted by molar-refractivity contribution is -0.117. The van der Waals surface area contributed by atoms with Gasteiger partial charge in [-0.3, -0.25) is 0 Å². The highest BCUT2D eigenvalue weighted by Crippen LogP contribution is 2.32. The second-order valence-corrected chi connectivity index (χ2v) is 9.76. The molecular weight excluding hydrogens is 478 g/mol. The van der Waals surface area contributed by atoms with Crippen molar-refractivity contribution < 1.29 is 19.7 Å². The summed E-state index contributed by atoms with van der Waals surface area (Å²) in [6.45, 7) is 14.0. The van der Waals surface area contributed by atoms with E-state index in [-0.39, 0.29) is 22.7 Å². The number of phenols is 2. The first kappa shape index (κ1) is 33.8. The summed E-state index contributed by atoms with van der Waals surface area (Å²) in [6.07, 6.45) is 1.12. The summed E-state index contributed by atoms with van der Waals surface area (Å²) in [4.78, 5) is 10.3. The van der Waals surface area contributed by atoms with Gasteiger partial charge in [-0.05, 0) is 48.2 Å². The van der Waals surface area contributed by atoms with Crippen molar-refractivity contribution >= 4 is 17.4 Å². The minimum absolute atomic E-state index is 0.151. The van der Waals surface area contributed by atoms with Gasteiger partial charge in [-0.25, -0.2) is 0 Å². The molecule has 1 heterocycles. The zero-order chi connectivity index (χ0) is 27.6. The van der Waals surface area contributed by atoms with Crippen LogP contribution in [0.15, 0.2) is 48.5 Å². The van der Waals surface area contributed by atoms with Gasteiger partial charge in [0, 0.05) is 38.0 Å². The Kier molecular flexibility index (Phi) is 17.9. The molecule has 7 nitrogen and oxygen atoms in total. The SMILES string of the molecule is CC(=O)CC(C)C.CC(C)(c1ccc(O)cc1)c1ccc(O)cc1.ClCC1CO1.NCCNCCN. The molecule has 1 fully saturated rings. The Balaban J connectivity index is 0.000000533. The van der Waals surface area contributed by atoms with Crippen LogP contribution in [0.5, 0.6) is 11.5 Å². The smallest absolute Gasteiger partial charge is 0.130 e. The van der Waals surface area contributed by atoms with E-state index in [4.69, 9.17) is 27.8 Å². The molecule has 1 aliphatic heterocycles. The first-order valence-electron chi connectivity index (χ1n) is 12.3. The van der Waals surface area contributed by atoms with Gasteiger partial charge < -0.3 is 36.5 Å². The lowest BCUT2D eigenvalue weighted by atomic mass is 9.78. The molecule has 3 rings (SSSR count). The summed E-state index contributed by atoms with van der Waals surface area (Å²) in [7, 11) is 0. The molecule has 0 saturated carbocycles. The van der Waals surface area contributed by atoms with Gasteiger partial charge in [0.25, 0.3) is 0 Å². The van der Waals surface area contributed by atoms with Crippen molar-refractivity contribution in [2.45, 2.75) is 52.6 Å². The van der Waals surface area contributed by atoms with Crippen LogP contribution in [-0.4, -0.2) is 60.8 Å². The second kappa shape index (κ2) is 19.0. The van der Waals surface area contributed by atoms with E-state index < -0.39 is 0 Å². The summed E-state index contributed by atoms with van der Waals surface area (Å²) >= 11 is 5.27. The summed E-state index contributed by atoms with van der Waals surface area (Å²) < 4.78 is 4.73. The molecule has 0 amide bonds. The number of phenolic OH excluding ortho intramolecular Hbond substituents is 2. The number of nitrogens with one attached hydrogen (secondary N) is 1. The fraction of sp³-hybridized carbons (Fsp3) is 0.536. The van der Waals surface area contributed by atoms with Gasteiger partial charge in [0.1, 0.15) is 17.3 Å². The zero-order valence-electron chi connectivity index (χ0n) is 22.5. The third kappa shape index (κ3) is 16.5. The van der Waals surface area contributed by atoms with E-state index in [0.717, 1.165) is 37.2 Å². The molecule has 2 aromatic carbocycles. The number of carbonyl (C=O) groups is 1. The first-order chi connectivity index (χ1) is 17.0. The number of aromatic hydroxyl groups is 2. The van der Waals surface area contributed by atoms with E-state index in [0.29, 0.717) is 31.0 Å². The molecule has 2 aromatic rings. The molecule has 7 N–H and O–H groups in total. The van der Waals surface area contributed by atoms with E-state index >= 15 is 0 Å². The number of Topliss-reactive ketones (excluding diaryl/α,β-unsaturated/α-hetero) is 1. The molecule has 1 aliphatic rings. The highest BCUT2D eigenvalue weighted by Gasteiger charge is 2.22. The van der Waals surface area contributed by atoms with E-state index in [9.17, 15) is 15.0 Å². The Morgan fingerprint density at radius 1 is 1.00 bits per heavy atom. The predicted molar refractivity (Wildman–Crippen MR) is 150 cm³/mol. The molecule has 8 heteroatoms. The lowest BCUT2D eigenvalue weighted by Crippen LogP contribution is -2.27. The number of nitrogens with two attached hydrogens (primary N) is 2. The van der Waals surface area contributed by atoms with Crippen LogP contribution in [0.4, 0.5) is 0 Å². The standard InChI is InChI=1S/C15H16O2.C6H12O.C4H13N3.C3H5ClO/c1-15(2,11-3-7-13(16)8-4-11)12-5-9-14(17)10-6-12;1-5(2)4-6(3)7;5-1-3-7-4-2-6;4-1-3-2-5-3/h3-10,16-17H,1-2H3;5H,4H2,1-3H3;7H,1-6H2;3H,1-2H2. The number of benzene rings is 2. The van der Waals surface area contributed by atoms with E-state index in [2.05, 4.69) is 19.2 Å². The number of hydrogen-bond donors (Lipinski definition) is 5. The van der Waals surface area contributed by atoms with Crippen molar-refractivity contribution in [2.24, 2.45) is 17.4 Å². The van der Waals surface area contributed by atoms with Gasteiger partial charge in [-0.2, -0.15) is 0 Å². The molecule has 36 heavy (non-hydrogen) atoms. The van der Waals surface area contributed by atoms with Crippen LogP contribution in [0, 0.1) is 5.92 Å². The third-order valence-electron chi connectivity index (χ3n) is 5.09. The van der Waals surface area contributed by atoms with Crippen molar-refractivity contribution in [1.82, 2.24) is 5.32 Å². The molecule has 0 spiro atoms. The van der Waals surface area contributed by atoms with Gasteiger partial charge in [0.15, 0.2) is 0 Å². The summed E-state index contributed by atoms with van der Waals surface area (Å²) in [5, 5.41) is 21.6. The molecule has 1 atom stereocenters. The van der Waals surface area contributed by atoms with Gasteiger partial charge >= 0.3 is 0 Å². The monoisotopic (exact) mass is 523 g/mol. The average Bonchev–Trinajstić information content (AvgIpc) is 3.65. The van der Waals surface area contributed by atoms with Gasteiger partial charge in [0.05, 0.1) is 18.6 Å². The second-order valence-electron chi connectivity index (χ2n) is 9.46. The number of ketones is 1. The molecule has 0 aromatic heterocycles. The molecule has 1 saturated heterocycles. The molecular formula is C28H46ClN3O4. The maximum absolute atomic E-state index is 10.3. The number of halogens is 1. The van der Waals surface area contributed by atoms with Crippen molar-refractivity contribution in [2.75, 3.05) is 38.7 Å². The fourth-order valence-electron chi connectivity index (χ4n) is 2.98. The molecule has 0 aliphatic carbocycles. The highest BCUT2D eigenvalue weighted by atomic mass is 35.5. The number of ether oxygens (including phenoxy) is 1. The average molecular weight is 524 g/mol. The molecule has 0 bridgehead atoms. The van der Waals surface area contributed by atoms with Crippen LogP contribution in [0.1, 0.15) is 52.2 Å². The van der Waals surface area contributed by atoms with Crippen molar-refractivity contribution in [3.8, 4) is 11.5 Å². The van der Waals surface area contributed by atoms with Crippen LogP contribution in [0.3, 0.4) is 0 Å². The fourth-order valence-corrected chi connectivity index (χ4v) is 3.16. The van der Waals surface area contributed by atoms with Crippen molar-refractivity contribution in [1.29, 1.82) is 0 Å². The Morgan fingerprint density at radius 3 is 1.58 bits per heavy atom. The number of rotatable bonds is 9. The maximum atomic E-state index is 10.3. The molecule has 1 unspecified atom stereocenters. The zero-order valence-corrected chi connectivity index (χ0v) is 23.2. The minimum atomic E-state index is -0.151. The summed E-state index contributed by atoms with van der Waals surface area (Å²) in [5.41, 5.74) is 12.4. The van der Waals surface area contributed by atoms with Crippen molar-refractivity contribution in [3.63, 3.8) is 0 Å². The Morgan fingerprint density at radius 2 is 1.39 bits per heavy atom. The van der Waals surface area contributed by atoms with Gasteiger partial charge in [-0.15, -0.1) is 11.6 Å². The third-order valence-corrected chi connectivity index (χ3v) is 5.43. The van der Waals surface area contributed by atoms with Crippen LogP contribution >= 0.6 is 11.6 Å². The van der Waals surface area contributed by atoms with E-state index in [1.54, 1.807) is 31.2 Å². The van der Waals surface area contributed by atoms with E-state index in [1.807, 2.05) is 38.1 Å². The largest absolute Gasteiger partial charge is 0.508 e. The van der Waals surface area contributed by atoms with Crippen LogP contribution in [0.2, 0.25) is 0 Å². The quantitative estimate of drug-likeness (QED) is 0.189. The van der Waals surface area contributed by atoms with Crippen LogP contribution in [-0.2, 0) is 14.9 Å². The Bertz CT molecular complexity index is 772. The number of carbonyl (C=O) groups excluding carboxylic acids is 1. The highest BCUT2D eigenvalue weighted by molar-refractivity contribution is 6.18. The summed E-state index contributed by atoms with van der Waals surface area (Å²) in [6, 6.07) is 14.4. The number of alkyl halides is 1. The predicted octanol–water partition coefficient (Wildman–Crippen LogP) is 4.16. The normalized spacial score (nSPS) is 13.9. The molecule has 0 radical (unpaired) electrons.